The van der Waals surface area contributed by atoms with Gasteiger partial charge in [0.25, 0.3) is 0 Å². The molecule has 2 aliphatic rings. The predicted molar refractivity (Wildman–Crippen MR) is 77.9 cm³/mol. The average molecular weight is 296 g/mol. The summed E-state index contributed by atoms with van der Waals surface area (Å²) in [6, 6.07) is 0.0101. The number of hydrogen-bond acceptors (Lipinski definition) is 4. The van der Waals surface area contributed by atoms with Crippen LogP contribution in [0.4, 0.5) is 0 Å². The fraction of sp³-hybridized carbons (Fsp3) is 0.733. The molecule has 1 aliphatic carbocycles. The molecule has 0 spiro atoms. The molecule has 1 saturated heterocycles. The molecule has 0 radical (unpaired) electrons. The van der Waals surface area contributed by atoms with E-state index in [2.05, 4.69) is 10.2 Å². The van der Waals surface area contributed by atoms with Gasteiger partial charge >= 0.3 is 5.97 Å². The van der Waals surface area contributed by atoms with E-state index in [4.69, 9.17) is 4.74 Å². The molecule has 0 aromatic rings. The number of nitrogens with zero attached hydrogens (tertiary/aromatic N) is 1. The zero-order valence-electron chi connectivity index (χ0n) is 12.5. The van der Waals surface area contributed by atoms with Crippen molar-refractivity contribution in [2.75, 3.05) is 32.8 Å². The fourth-order valence-corrected chi connectivity index (χ4v) is 2.94. The molecule has 0 bridgehead atoms. The second kappa shape index (κ2) is 7.56. The SMILES string of the molecule is CC(CN1CCOCC1)NC(=O)[C@@H]1CC=CC[C@@H]1C(=O)O. The zero-order chi connectivity index (χ0) is 15.2. The molecule has 0 aromatic heterocycles. The maximum Gasteiger partial charge on any atom is 0.307 e. The minimum Gasteiger partial charge on any atom is -0.481 e. The first-order chi connectivity index (χ1) is 10.1. The third-order valence-corrected chi connectivity index (χ3v) is 4.11. The summed E-state index contributed by atoms with van der Waals surface area (Å²) in [6.07, 6.45) is 4.69. The highest BCUT2D eigenvalue weighted by molar-refractivity contribution is 5.85. The number of carboxylic acid groups (broad SMARTS) is 1. The van der Waals surface area contributed by atoms with Crippen molar-refractivity contribution >= 4 is 11.9 Å². The lowest BCUT2D eigenvalue weighted by molar-refractivity contribution is -0.147. The summed E-state index contributed by atoms with van der Waals surface area (Å²) >= 11 is 0. The first-order valence-corrected chi connectivity index (χ1v) is 7.56. The minimum atomic E-state index is -0.889. The minimum absolute atomic E-state index is 0.0101. The first-order valence-electron chi connectivity index (χ1n) is 7.56. The summed E-state index contributed by atoms with van der Waals surface area (Å²) < 4.78 is 5.30. The molecular formula is C15H24N2O4. The van der Waals surface area contributed by atoms with Crippen molar-refractivity contribution in [2.45, 2.75) is 25.8 Å². The van der Waals surface area contributed by atoms with Gasteiger partial charge in [0.05, 0.1) is 25.0 Å². The van der Waals surface area contributed by atoms with E-state index in [0.717, 1.165) is 32.8 Å². The van der Waals surface area contributed by atoms with Gasteiger partial charge in [0.15, 0.2) is 0 Å². The summed E-state index contributed by atoms with van der Waals surface area (Å²) in [5.74, 6) is -2.10. The molecule has 0 aromatic carbocycles. The van der Waals surface area contributed by atoms with Gasteiger partial charge in [-0.05, 0) is 19.8 Å². The Balaban J connectivity index is 1.84. The summed E-state index contributed by atoms with van der Waals surface area (Å²) in [7, 11) is 0. The van der Waals surface area contributed by atoms with Gasteiger partial charge in [0, 0.05) is 25.7 Å². The van der Waals surface area contributed by atoms with Gasteiger partial charge in [-0.2, -0.15) is 0 Å². The van der Waals surface area contributed by atoms with Crippen LogP contribution in [0.5, 0.6) is 0 Å². The van der Waals surface area contributed by atoms with E-state index >= 15 is 0 Å². The van der Waals surface area contributed by atoms with Crippen molar-refractivity contribution in [1.82, 2.24) is 10.2 Å². The predicted octanol–water partition coefficient (Wildman–Crippen LogP) is 0.490. The Bertz CT molecular complexity index is 404. The smallest absolute Gasteiger partial charge is 0.307 e. The lowest BCUT2D eigenvalue weighted by Crippen LogP contribution is -2.48. The van der Waals surface area contributed by atoms with E-state index in [1.54, 1.807) is 0 Å². The molecule has 21 heavy (non-hydrogen) atoms. The van der Waals surface area contributed by atoms with Gasteiger partial charge in [-0.25, -0.2) is 0 Å². The Kier molecular flexibility index (Phi) is 5.76. The molecule has 1 amide bonds. The standard InChI is InChI=1S/C15H24N2O4/c1-11(10-17-6-8-21-9-7-17)16-14(18)12-4-2-3-5-13(12)15(19)20/h2-3,11-13H,4-10H2,1H3,(H,16,18)(H,19,20)/t11?,12-,13+/m1/s1. The highest BCUT2D eigenvalue weighted by atomic mass is 16.5. The van der Waals surface area contributed by atoms with Gasteiger partial charge in [-0.1, -0.05) is 12.2 Å². The third kappa shape index (κ3) is 4.54. The topological polar surface area (TPSA) is 78.9 Å². The second-order valence-corrected chi connectivity index (χ2v) is 5.82. The molecule has 1 unspecified atom stereocenters. The molecule has 2 N–H and O–H groups in total. The van der Waals surface area contributed by atoms with Crippen LogP contribution < -0.4 is 5.32 Å². The Morgan fingerprint density at radius 2 is 1.90 bits per heavy atom. The number of aliphatic carboxylic acids is 1. The number of carbonyl (C=O) groups is 2. The molecule has 6 nitrogen and oxygen atoms in total. The maximum atomic E-state index is 12.3. The molecular weight excluding hydrogens is 272 g/mol. The Morgan fingerprint density at radius 1 is 1.29 bits per heavy atom. The van der Waals surface area contributed by atoms with E-state index < -0.39 is 17.8 Å². The van der Waals surface area contributed by atoms with Gasteiger partial charge in [0.2, 0.25) is 5.91 Å². The summed E-state index contributed by atoms with van der Waals surface area (Å²) in [6.45, 7) is 5.95. The number of carboxylic acids is 1. The number of allylic oxidation sites excluding steroid dienone is 2. The van der Waals surface area contributed by atoms with E-state index in [1.165, 1.54) is 0 Å². The van der Waals surface area contributed by atoms with E-state index in [9.17, 15) is 14.7 Å². The van der Waals surface area contributed by atoms with Crippen LogP contribution in [-0.4, -0.2) is 60.8 Å². The number of morpholine rings is 1. The number of carbonyl (C=O) groups excluding carboxylic acids is 1. The van der Waals surface area contributed by atoms with Crippen LogP contribution >= 0.6 is 0 Å². The number of nitrogens with one attached hydrogen (secondary N) is 1. The molecule has 1 fully saturated rings. The van der Waals surface area contributed by atoms with Crippen LogP contribution in [0, 0.1) is 11.8 Å². The van der Waals surface area contributed by atoms with Gasteiger partial charge in [-0.15, -0.1) is 0 Å². The van der Waals surface area contributed by atoms with Crippen molar-refractivity contribution in [1.29, 1.82) is 0 Å². The number of amides is 1. The van der Waals surface area contributed by atoms with Gasteiger partial charge < -0.3 is 15.2 Å². The van der Waals surface area contributed by atoms with E-state index in [0.29, 0.717) is 12.8 Å². The molecule has 2 rings (SSSR count). The Labute approximate surface area is 125 Å². The van der Waals surface area contributed by atoms with Crippen LogP contribution in [0.25, 0.3) is 0 Å². The average Bonchev–Trinajstić information content (AvgIpc) is 2.48. The maximum absolute atomic E-state index is 12.3. The lowest BCUT2D eigenvalue weighted by atomic mass is 9.82. The second-order valence-electron chi connectivity index (χ2n) is 5.82. The van der Waals surface area contributed by atoms with Crippen LogP contribution in [0.3, 0.4) is 0 Å². The summed E-state index contributed by atoms with van der Waals surface area (Å²) in [4.78, 5) is 25.8. The van der Waals surface area contributed by atoms with Crippen molar-refractivity contribution in [2.24, 2.45) is 11.8 Å². The molecule has 6 heteroatoms. The van der Waals surface area contributed by atoms with Crippen LogP contribution in [-0.2, 0) is 14.3 Å². The molecule has 0 saturated carbocycles. The highest BCUT2D eigenvalue weighted by Gasteiger charge is 2.34. The Hall–Kier alpha value is -1.40. The van der Waals surface area contributed by atoms with Gasteiger partial charge in [-0.3, -0.25) is 14.5 Å². The lowest BCUT2D eigenvalue weighted by Gasteiger charge is -2.31. The zero-order valence-corrected chi connectivity index (χ0v) is 12.5. The Morgan fingerprint density at radius 3 is 2.52 bits per heavy atom. The van der Waals surface area contributed by atoms with Gasteiger partial charge in [0.1, 0.15) is 0 Å². The van der Waals surface area contributed by atoms with E-state index in [1.807, 2.05) is 19.1 Å². The third-order valence-electron chi connectivity index (χ3n) is 4.11. The number of ether oxygens (including phenoxy) is 1. The molecule has 3 atom stereocenters. The normalized spacial score (nSPS) is 28.0. The number of hydrogen-bond donors (Lipinski definition) is 2. The largest absolute Gasteiger partial charge is 0.481 e. The molecule has 118 valence electrons. The van der Waals surface area contributed by atoms with Crippen LogP contribution in [0.2, 0.25) is 0 Å². The first kappa shape index (κ1) is 16.0. The molecule has 1 aliphatic heterocycles. The number of rotatable bonds is 5. The highest BCUT2D eigenvalue weighted by Crippen LogP contribution is 2.26. The van der Waals surface area contributed by atoms with Crippen LogP contribution in [0.1, 0.15) is 19.8 Å². The van der Waals surface area contributed by atoms with Crippen molar-refractivity contribution in [3.8, 4) is 0 Å². The molecule has 1 heterocycles. The van der Waals surface area contributed by atoms with Crippen molar-refractivity contribution < 1.29 is 19.4 Å². The summed E-state index contributed by atoms with van der Waals surface area (Å²) in [5, 5.41) is 12.2. The summed E-state index contributed by atoms with van der Waals surface area (Å²) in [5.41, 5.74) is 0. The fourth-order valence-electron chi connectivity index (χ4n) is 2.94. The quantitative estimate of drug-likeness (QED) is 0.722. The monoisotopic (exact) mass is 296 g/mol. The van der Waals surface area contributed by atoms with Crippen LogP contribution in [0.15, 0.2) is 12.2 Å². The van der Waals surface area contributed by atoms with Crippen molar-refractivity contribution in [3.63, 3.8) is 0 Å². The van der Waals surface area contributed by atoms with Crippen molar-refractivity contribution in [3.05, 3.63) is 12.2 Å². The van der Waals surface area contributed by atoms with E-state index in [-0.39, 0.29) is 11.9 Å².